The maximum absolute atomic E-state index is 12.0. The highest BCUT2D eigenvalue weighted by Gasteiger charge is 2.27. The Morgan fingerprint density at radius 2 is 2.19 bits per heavy atom. The van der Waals surface area contributed by atoms with Gasteiger partial charge in [-0.05, 0) is 58.2 Å². The summed E-state index contributed by atoms with van der Waals surface area (Å²) in [4.78, 5) is 18.8. The zero-order chi connectivity index (χ0) is 19.9. The number of nitrogens with zero attached hydrogens (tertiary/aromatic N) is 2. The van der Waals surface area contributed by atoms with Crippen LogP contribution in [0, 0.1) is 0 Å². The lowest BCUT2D eigenvalue weighted by Gasteiger charge is -2.23. The van der Waals surface area contributed by atoms with Gasteiger partial charge in [-0.2, -0.15) is 0 Å². The Bertz CT molecular complexity index is 655. The highest BCUT2D eigenvalue weighted by Crippen LogP contribution is 2.13. The molecule has 0 saturated carbocycles. The maximum Gasteiger partial charge on any atom is 0.407 e. The van der Waals surface area contributed by atoms with Crippen molar-refractivity contribution in [2.24, 2.45) is 4.99 Å². The highest BCUT2D eigenvalue weighted by atomic mass is 16.6. The Morgan fingerprint density at radius 3 is 2.85 bits per heavy atom. The molecular formula is C20H32N4O3. The fraction of sp³-hybridized carbons (Fsp3) is 0.600. The molecule has 7 heteroatoms. The van der Waals surface area contributed by atoms with Crippen molar-refractivity contribution in [2.45, 2.75) is 52.2 Å². The Labute approximate surface area is 161 Å². The molecule has 0 spiro atoms. The highest BCUT2D eigenvalue weighted by molar-refractivity contribution is 5.80. The van der Waals surface area contributed by atoms with E-state index in [2.05, 4.69) is 15.5 Å². The van der Waals surface area contributed by atoms with Gasteiger partial charge in [0.15, 0.2) is 5.96 Å². The third-order valence-electron chi connectivity index (χ3n) is 4.12. The first-order chi connectivity index (χ1) is 12.8. The van der Waals surface area contributed by atoms with Gasteiger partial charge in [-0.25, -0.2) is 4.79 Å². The van der Waals surface area contributed by atoms with Gasteiger partial charge in [0.05, 0.1) is 6.04 Å². The van der Waals surface area contributed by atoms with Crippen LogP contribution >= 0.6 is 0 Å². The van der Waals surface area contributed by atoms with Crippen LogP contribution in [-0.4, -0.2) is 59.9 Å². The topological polar surface area (TPSA) is 86.2 Å². The van der Waals surface area contributed by atoms with Crippen LogP contribution in [0.4, 0.5) is 4.79 Å². The number of aromatic hydroxyl groups is 1. The van der Waals surface area contributed by atoms with E-state index in [1.165, 1.54) is 0 Å². The number of ether oxygens (including phenoxy) is 1. The number of hydrogen-bond donors (Lipinski definition) is 3. The first-order valence-corrected chi connectivity index (χ1v) is 9.57. The number of rotatable bonds is 5. The predicted molar refractivity (Wildman–Crippen MR) is 107 cm³/mol. The number of likely N-dealkylation sites (tertiary alicyclic amines) is 1. The van der Waals surface area contributed by atoms with E-state index in [0.717, 1.165) is 37.5 Å². The van der Waals surface area contributed by atoms with Gasteiger partial charge in [-0.3, -0.25) is 4.99 Å². The number of carbonyl (C=O) groups excluding carboxylic acids is 1. The number of alkyl carbamates (subject to hydrolysis) is 1. The number of aliphatic imine (C=N–C) groups is 1. The average molecular weight is 377 g/mol. The molecule has 3 N–H and O–H groups in total. The molecule has 1 atom stereocenters. The zero-order valence-corrected chi connectivity index (χ0v) is 16.8. The number of nitrogens with one attached hydrogen (secondary N) is 2. The van der Waals surface area contributed by atoms with E-state index in [-0.39, 0.29) is 17.9 Å². The molecule has 1 aliphatic heterocycles. The zero-order valence-electron chi connectivity index (χ0n) is 16.8. The molecule has 0 aromatic heterocycles. The standard InChI is InChI=1S/C20H32N4O3/c1-5-21-18(22-11-9-15-7-6-8-17(25)13-15)24-12-10-16(14-24)23-19(26)27-20(2,3)4/h6-8,13,16,25H,5,9-12,14H2,1-4H3,(H,21,22)(H,23,26). The van der Waals surface area contributed by atoms with Crippen molar-refractivity contribution in [2.75, 3.05) is 26.2 Å². The quantitative estimate of drug-likeness (QED) is 0.543. The van der Waals surface area contributed by atoms with Crippen molar-refractivity contribution in [3.8, 4) is 5.75 Å². The third-order valence-corrected chi connectivity index (χ3v) is 4.12. The minimum absolute atomic E-state index is 0.0507. The van der Waals surface area contributed by atoms with E-state index in [1.54, 1.807) is 12.1 Å². The summed E-state index contributed by atoms with van der Waals surface area (Å²) in [5, 5.41) is 15.8. The molecule has 0 aliphatic carbocycles. The second-order valence-corrected chi connectivity index (χ2v) is 7.73. The van der Waals surface area contributed by atoms with Crippen LogP contribution < -0.4 is 10.6 Å². The van der Waals surface area contributed by atoms with Gasteiger partial charge in [-0.1, -0.05) is 12.1 Å². The van der Waals surface area contributed by atoms with Crippen molar-refractivity contribution >= 4 is 12.1 Å². The Balaban J connectivity index is 1.88. The normalized spacial score (nSPS) is 17.7. The van der Waals surface area contributed by atoms with Gasteiger partial charge in [-0.15, -0.1) is 0 Å². The molecule has 1 aromatic rings. The first-order valence-electron chi connectivity index (χ1n) is 9.57. The number of phenols is 1. The van der Waals surface area contributed by atoms with Gasteiger partial charge in [0.1, 0.15) is 11.4 Å². The van der Waals surface area contributed by atoms with Crippen LogP contribution in [-0.2, 0) is 11.2 Å². The summed E-state index contributed by atoms with van der Waals surface area (Å²) >= 11 is 0. The predicted octanol–water partition coefficient (Wildman–Crippen LogP) is 2.50. The van der Waals surface area contributed by atoms with Crippen molar-refractivity contribution in [1.82, 2.24) is 15.5 Å². The third kappa shape index (κ3) is 7.37. The number of benzene rings is 1. The van der Waals surface area contributed by atoms with Crippen LogP contribution in [0.25, 0.3) is 0 Å². The molecule has 7 nitrogen and oxygen atoms in total. The molecule has 1 aliphatic rings. The summed E-state index contributed by atoms with van der Waals surface area (Å²) in [5.74, 6) is 1.13. The van der Waals surface area contributed by atoms with E-state index < -0.39 is 5.60 Å². The Hall–Kier alpha value is -2.44. The number of guanidine groups is 1. The number of carbonyl (C=O) groups is 1. The van der Waals surface area contributed by atoms with E-state index in [1.807, 2.05) is 39.8 Å². The van der Waals surface area contributed by atoms with E-state index in [9.17, 15) is 9.90 Å². The van der Waals surface area contributed by atoms with E-state index in [4.69, 9.17) is 9.73 Å². The summed E-state index contributed by atoms with van der Waals surface area (Å²) in [6, 6.07) is 7.30. The summed E-state index contributed by atoms with van der Waals surface area (Å²) < 4.78 is 5.33. The van der Waals surface area contributed by atoms with Gasteiger partial charge in [0.25, 0.3) is 0 Å². The number of phenolic OH excluding ortho intramolecular Hbond substituents is 1. The lowest BCUT2D eigenvalue weighted by atomic mass is 10.1. The molecule has 1 saturated heterocycles. The van der Waals surface area contributed by atoms with Gasteiger partial charge >= 0.3 is 6.09 Å². The van der Waals surface area contributed by atoms with Crippen LogP contribution in [0.2, 0.25) is 0 Å². The summed E-state index contributed by atoms with van der Waals surface area (Å²) in [7, 11) is 0. The Morgan fingerprint density at radius 1 is 1.41 bits per heavy atom. The molecule has 1 heterocycles. The van der Waals surface area contributed by atoms with Gasteiger partial charge in [0.2, 0.25) is 0 Å². The molecule has 1 unspecified atom stereocenters. The van der Waals surface area contributed by atoms with Crippen LogP contribution in [0.1, 0.15) is 39.7 Å². The van der Waals surface area contributed by atoms with Crippen molar-refractivity contribution in [3.63, 3.8) is 0 Å². The van der Waals surface area contributed by atoms with Crippen molar-refractivity contribution < 1.29 is 14.6 Å². The van der Waals surface area contributed by atoms with Crippen molar-refractivity contribution in [3.05, 3.63) is 29.8 Å². The van der Waals surface area contributed by atoms with E-state index >= 15 is 0 Å². The molecule has 1 amide bonds. The average Bonchev–Trinajstić information content (AvgIpc) is 3.00. The number of hydrogen-bond acceptors (Lipinski definition) is 4. The van der Waals surface area contributed by atoms with Gasteiger partial charge < -0.3 is 25.4 Å². The smallest absolute Gasteiger partial charge is 0.407 e. The molecule has 0 bridgehead atoms. The maximum atomic E-state index is 12.0. The Kier molecular flexibility index (Phi) is 7.33. The first kappa shape index (κ1) is 20.9. The largest absolute Gasteiger partial charge is 0.508 e. The molecule has 2 rings (SSSR count). The lowest BCUT2D eigenvalue weighted by Crippen LogP contribution is -2.44. The minimum atomic E-state index is -0.495. The SMILES string of the molecule is CCNC(=NCCc1cccc(O)c1)N1CCC(NC(=O)OC(C)(C)C)C1. The molecule has 27 heavy (non-hydrogen) atoms. The van der Waals surface area contributed by atoms with Gasteiger partial charge in [0, 0.05) is 26.2 Å². The van der Waals surface area contributed by atoms with Crippen LogP contribution in [0.15, 0.2) is 29.3 Å². The molecular weight excluding hydrogens is 344 g/mol. The summed E-state index contributed by atoms with van der Waals surface area (Å²) in [6.07, 6.45) is 1.24. The molecule has 1 aromatic carbocycles. The fourth-order valence-corrected chi connectivity index (χ4v) is 2.97. The van der Waals surface area contributed by atoms with Crippen LogP contribution in [0.3, 0.4) is 0 Å². The fourth-order valence-electron chi connectivity index (χ4n) is 2.97. The second kappa shape index (κ2) is 9.48. The summed E-state index contributed by atoms with van der Waals surface area (Å²) in [5.41, 5.74) is 0.561. The van der Waals surface area contributed by atoms with Crippen LogP contribution in [0.5, 0.6) is 5.75 Å². The van der Waals surface area contributed by atoms with E-state index in [0.29, 0.717) is 13.1 Å². The monoisotopic (exact) mass is 376 g/mol. The molecule has 1 fully saturated rings. The summed E-state index contributed by atoms with van der Waals surface area (Å²) in [6.45, 7) is 10.6. The number of amides is 1. The molecule has 0 radical (unpaired) electrons. The second-order valence-electron chi connectivity index (χ2n) is 7.73. The minimum Gasteiger partial charge on any atom is -0.508 e. The lowest BCUT2D eigenvalue weighted by molar-refractivity contribution is 0.0507. The van der Waals surface area contributed by atoms with Crippen molar-refractivity contribution in [1.29, 1.82) is 0 Å². The molecule has 150 valence electrons.